The van der Waals surface area contributed by atoms with Gasteiger partial charge >= 0.3 is 5.97 Å². The molecule has 3 aromatic rings. The lowest BCUT2D eigenvalue weighted by molar-refractivity contribution is -0.139. The van der Waals surface area contributed by atoms with Gasteiger partial charge in [-0.15, -0.1) is 0 Å². The van der Waals surface area contributed by atoms with Crippen molar-refractivity contribution in [1.82, 2.24) is 14.9 Å². The number of carbonyl (C=O) groups excluding carboxylic acids is 1. The summed E-state index contributed by atoms with van der Waals surface area (Å²) in [6.07, 6.45) is 0. The molecule has 0 fully saturated rings. The van der Waals surface area contributed by atoms with Crippen molar-refractivity contribution in [3.63, 3.8) is 0 Å². The van der Waals surface area contributed by atoms with Crippen LogP contribution in [0.25, 0.3) is 11.0 Å². The maximum atomic E-state index is 12.6. The zero-order valence-corrected chi connectivity index (χ0v) is 13.6. The number of carboxylic acids is 1. The fourth-order valence-electron chi connectivity index (χ4n) is 2.46. The first-order valence-electron chi connectivity index (χ1n) is 7.66. The number of nitrogens with zero attached hydrogens (tertiary/aromatic N) is 2. The highest BCUT2D eigenvalue weighted by atomic mass is 16.5. The van der Waals surface area contributed by atoms with E-state index < -0.39 is 12.6 Å². The molecule has 7 nitrogen and oxygen atoms in total. The van der Waals surface area contributed by atoms with Crippen molar-refractivity contribution in [3.05, 3.63) is 59.9 Å². The minimum absolute atomic E-state index is 0.207. The van der Waals surface area contributed by atoms with Crippen molar-refractivity contribution >= 4 is 22.9 Å². The number of hydrogen-bond donors (Lipinski definition) is 2. The Hall–Kier alpha value is -3.35. The van der Waals surface area contributed by atoms with Gasteiger partial charge in [-0.1, -0.05) is 18.2 Å². The molecular formula is C18H17N3O4. The summed E-state index contributed by atoms with van der Waals surface area (Å²) in [5.74, 6) is -0.249. The lowest BCUT2D eigenvalue weighted by Crippen LogP contribution is -2.26. The van der Waals surface area contributed by atoms with Crippen LogP contribution in [0.4, 0.5) is 0 Å². The predicted molar refractivity (Wildman–Crippen MR) is 91.5 cm³/mol. The minimum Gasteiger partial charge on any atom is -0.482 e. The summed E-state index contributed by atoms with van der Waals surface area (Å²) >= 11 is 0. The number of hydrogen-bond acceptors (Lipinski definition) is 4. The minimum atomic E-state index is -1.07. The number of amides is 1. The smallest absolute Gasteiger partial charge is 0.341 e. The normalized spacial score (nSPS) is 10.6. The van der Waals surface area contributed by atoms with Crippen LogP contribution in [-0.4, -0.2) is 45.5 Å². The van der Waals surface area contributed by atoms with Crippen LogP contribution in [-0.2, 0) is 11.3 Å². The molecule has 2 aromatic carbocycles. The molecule has 0 bridgehead atoms. The molecule has 0 radical (unpaired) electrons. The molecule has 0 unspecified atom stereocenters. The van der Waals surface area contributed by atoms with Gasteiger partial charge in [-0.25, -0.2) is 9.78 Å². The molecule has 0 aliphatic heterocycles. The van der Waals surface area contributed by atoms with Crippen LogP contribution in [0, 0.1) is 0 Å². The number of aromatic amines is 1. The molecule has 128 valence electrons. The molecule has 0 saturated carbocycles. The molecule has 7 heteroatoms. The van der Waals surface area contributed by atoms with E-state index in [0.29, 0.717) is 23.7 Å². The van der Waals surface area contributed by atoms with Crippen LogP contribution in [0.2, 0.25) is 0 Å². The Kier molecular flexibility index (Phi) is 4.65. The monoisotopic (exact) mass is 339 g/mol. The predicted octanol–water partition coefficient (Wildman–Crippen LogP) is 2.30. The summed E-state index contributed by atoms with van der Waals surface area (Å²) < 4.78 is 5.11. The highest BCUT2D eigenvalue weighted by molar-refractivity contribution is 5.94. The first-order chi connectivity index (χ1) is 12.0. The van der Waals surface area contributed by atoms with Crippen molar-refractivity contribution < 1.29 is 19.4 Å². The molecule has 1 aromatic heterocycles. The van der Waals surface area contributed by atoms with Crippen molar-refractivity contribution in [1.29, 1.82) is 0 Å². The van der Waals surface area contributed by atoms with Gasteiger partial charge in [-0.3, -0.25) is 4.79 Å². The molecule has 0 spiro atoms. The second-order valence-electron chi connectivity index (χ2n) is 5.57. The fourth-order valence-corrected chi connectivity index (χ4v) is 2.46. The first-order valence-corrected chi connectivity index (χ1v) is 7.66. The van der Waals surface area contributed by atoms with Crippen LogP contribution in [0.1, 0.15) is 16.2 Å². The van der Waals surface area contributed by atoms with E-state index in [1.807, 2.05) is 24.3 Å². The SMILES string of the molecule is CN(Cc1nc2ccccc2[nH]1)C(=O)c1cccc(OCC(=O)O)c1. The zero-order chi connectivity index (χ0) is 17.8. The summed E-state index contributed by atoms with van der Waals surface area (Å²) in [5.41, 5.74) is 2.19. The van der Waals surface area contributed by atoms with Crippen LogP contribution >= 0.6 is 0 Å². The number of imidazole rings is 1. The Labute approximate surface area is 143 Å². The molecule has 2 N–H and O–H groups in total. The number of carboxylic acid groups (broad SMARTS) is 1. The van der Waals surface area contributed by atoms with E-state index in [1.54, 1.807) is 25.2 Å². The second kappa shape index (κ2) is 7.04. The van der Waals surface area contributed by atoms with Gasteiger partial charge in [0.25, 0.3) is 5.91 Å². The van der Waals surface area contributed by atoms with Gasteiger partial charge in [0.1, 0.15) is 11.6 Å². The largest absolute Gasteiger partial charge is 0.482 e. The Morgan fingerprint density at radius 2 is 2.00 bits per heavy atom. The highest BCUT2D eigenvalue weighted by Crippen LogP contribution is 2.16. The quantitative estimate of drug-likeness (QED) is 0.718. The Bertz CT molecular complexity index is 886. The van der Waals surface area contributed by atoms with E-state index in [-0.39, 0.29) is 5.91 Å². The average Bonchev–Trinajstić information content (AvgIpc) is 3.01. The summed E-state index contributed by atoms with van der Waals surface area (Å²) in [5, 5.41) is 8.65. The number of aliphatic carboxylic acids is 1. The highest BCUT2D eigenvalue weighted by Gasteiger charge is 2.15. The summed E-state index contributed by atoms with van der Waals surface area (Å²) in [6.45, 7) is -0.125. The van der Waals surface area contributed by atoms with Crippen LogP contribution in [0.15, 0.2) is 48.5 Å². The van der Waals surface area contributed by atoms with Crippen molar-refractivity contribution in [2.45, 2.75) is 6.54 Å². The number of rotatable bonds is 6. The molecule has 25 heavy (non-hydrogen) atoms. The van der Waals surface area contributed by atoms with E-state index in [4.69, 9.17) is 9.84 Å². The van der Waals surface area contributed by atoms with Crippen molar-refractivity contribution in [2.75, 3.05) is 13.7 Å². The Balaban J connectivity index is 1.71. The van der Waals surface area contributed by atoms with E-state index >= 15 is 0 Å². The number of fused-ring (bicyclic) bond motifs is 1. The topological polar surface area (TPSA) is 95.5 Å². The third-order valence-corrected chi connectivity index (χ3v) is 3.62. The molecule has 1 heterocycles. The van der Waals surface area contributed by atoms with E-state index in [2.05, 4.69) is 9.97 Å². The van der Waals surface area contributed by atoms with Gasteiger partial charge in [-0.2, -0.15) is 0 Å². The molecule has 0 atom stereocenters. The third kappa shape index (κ3) is 3.95. The lowest BCUT2D eigenvalue weighted by Gasteiger charge is -2.16. The maximum absolute atomic E-state index is 12.6. The van der Waals surface area contributed by atoms with Gasteiger partial charge in [-0.05, 0) is 30.3 Å². The molecule has 0 aliphatic rings. The number of nitrogens with one attached hydrogen (secondary N) is 1. The molecule has 0 saturated heterocycles. The Morgan fingerprint density at radius 3 is 2.76 bits per heavy atom. The standard InChI is InChI=1S/C18H17N3O4/c1-21(10-16-19-14-7-2-3-8-15(14)20-16)18(24)12-5-4-6-13(9-12)25-11-17(22)23/h2-9H,10-11H2,1H3,(H,19,20)(H,22,23). The van der Waals surface area contributed by atoms with Crippen LogP contribution in [0.5, 0.6) is 5.75 Å². The average molecular weight is 339 g/mol. The number of benzene rings is 2. The third-order valence-electron chi connectivity index (χ3n) is 3.62. The lowest BCUT2D eigenvalue weighted by atomic mass is 10.2. The van der Waals surface area contributed by atoms with Crippen LogP contribution in [0.3, 0.4) is 0 Å². The molecule has 3 rings (SSSR count). The summed E-state index contributed by atoms with van der Waals surface area (Å²) in [7, 11) is 1.68. The summed E-state index contributed by atoms with van der Waals surface area (Å²) in [4.78, 5) is 32.3. The number of ether oxygens (including phenoxy) is 1. The number of para-hydroxylation sites is 2. The second-order valence-corrected chi connectivity index (χ2v) is 5.57. The zero-order valence-electron chi connectivity index (χ0n) is 13.6. The number of aromatic nitrogens is 2. The van der Waals surface area contributed by atoms with Crippen molar-refractivity contribution in [3.8, 4) is 5.75 Å². The van der Waals surface area contributed by atoms with Crippen molar-refractivity contribution in [2.24, 2.45) is 0 Å². The number of carbonyl (C=O) groups is 2. The van der Waals surface area contributed by atoms with Gasteiger partial charge in [0.15, 0.2) is 6.61 Å². The first kappa shape index (κ1) is 16.5. The molecule has 0 aliphatic carbocycles. The van der Waals surface area contributed by atoms with Gasteiger partial charge < -0.3 is 19.7 Å². The van der Waals surface area contributed by atoms with Gasteiger partial charge in [0, 0.05) is 12.6 Å². The Morgan fingerprint density at radius 1 is 1.20 bits per heavy atom. The number of H-pyrrole nitrogens is 1. The van der Waals surface area contributed by atoms with Gasteiger partial charge in [0.05, 0.1) is 17.6 Å². The van der Waals surface area contributed by atoms with E-state index in [1.165, 1.54) is 11.0 Å². The van der Waals surface area contributed by atoms with E-state index in [9.17, 15) is 9.59 Å². The van der Waals surface area contributed by atoms with Crippen LogP contribution < -0.4 is 4.74 Å². The summed E-state index contributed by atoms with van der Waals surface area (Å²) in [6, 6.07) is 14.1. The van der Waals surface area contributed by atoms with E-state index in [0.717, 1.165) is 11.0 Å². The molecule has 1 amide bonds. The fraction of sp³-hybridized carbons (Fsp3) is 0.167. The van der Waals surface area contributed by atoms with Gasteiger partial charge in [0.2, 0.25) is 0 Å². The molecular weight excluding hydrogens is 322 g/mol. The maximum Gasteiger partial charge on any atom is 0.341 e.